The van der Waals surface area contributed by atoms with Gasteiger partial charge in [-0.05, 0) is 58.6 Å². The number of nitrogens with one attached hydrogen (secondary N) is 1. The minimum atomic E-state index is -0.732. The van der Waals surface area contributed by atoms with E-state index in [1.165, 1.54) is 0 Å². The summed E-state index contributed by atoms with van der Waals surface area (Å²) in [6.07, 6.45) is -0.247. The second kappa shape index (κ2) is 9.71. The van der Waals surface area contributed by atoms with E-state index < -0.39 is 17.6 Å². The molecule has 2 aliphatic rings. The molecule has 1 fully saturated rings. The van der Waals surface area contributed by atoms with Crippen molar-refractivity contribution in [2.75, 3.05) is 33.0 Å². The van der Waals surface area contributed by atoms with Gasteiger partial charge in [-0.3, -0.25) is 9.59 Å². The van der Waals surface area contributed by atoms with Crippen molar-refractivity contribution in [2.24, 2.45) is 0 Å². The van der Waals surface area contributed by atoms with Crippen LogP contribution in [-0.4, -0.2) is 70.9 Å². The van der Waals surface area contributed by atoms with Gasteiger partial charge in [0.05, 0.1) is 23.5 Å². The molecule has 1 saturated heterocycles. The lowest BCUT2D eigenvalue weighted by Gasteiger charge is -2.23. The van der Waals surface area contributed by atoms with E-state index in [0.29, 0.717) is 47.2 Å². The molecular formula is C26H32ClN5O4. The fraction of sp³-hybridized carbons (Fsp3) is 0.462. The van der Waals surface area contributed by atoms with Gasteiger partial charge in [-0.2, -0.15) is 0 Å². The molecule has 0 spiro atoms. The van der Waals surface area contributed by atoms with Crippen molar-refractivity contribution in [3.8, 4) is 0 Å². The van der Waals surface area contributed by atoms with Crippen LogP contribution in [0.2, 0.25) is 5.02 Å². The van der Waals surface area contributed by atoms with Gasteiger partial charge in [-0.1, -0.05) is 17.7 Å². The maximum atomic E-state index is 13.3. The highest BCUT2D eigenvalue weighted by Crippen LogP contribution is 2.37. The van der Waals surface area contributed by atoms with Crippen LogP contribution < -0.4 is 5.32 Å². The first kappa shape index (κ1) is 25.9. The van der Waals surface area contributed by atoms with Gasteiger partial charge in [0.1, 0.15) is 11.4 Å². The lowest BCUT2D eigenvalue weighted by molar-refractivity contribution is -0.126. The molecule has 192 valence electrons. The molecule has 1 aromatic carbocycles. The Hall–Kier alpha value is -3.17. The summed E-state index contributed by atoms with van der Waals surface area (Å²) < 4.78 is 5.41. The van der Waals surface area contributed by atoms with Crippen LogP contribution >= 0.6 is 11.6 Å². The van der Waals surface area contributed by atoms with E-state index in [0.717, 1.165) is 16.2 Å². The number of pyridine rings is 1. The van der Waals surface area contributed by atoms with E-state index >= 15 is 0 Å². The normalized spacial score (nSPS) is 17.7. The fourth-order valence-electron chi connectivity index (χ4n) is 4.54. The number of anilines is 2. The van der Waals surface area contributed by atoms with E-state index in [1.807, 2.05) is 38.2 Å². The lowest BCUT2D eigenvalue weighted by Crippen LogP contribution is -2.37. The first-order valence-corrected chi connectivity index (χ1v) is 12.2. The standard InChI is InChI=1S/C26H32ClN5O4/c1-26(2,3)36-25(35)32-13-17-18(27)8-9-19(23(17)24(32)34)28-21-10-7-16(20(29-21)14-30(4)5)15-11-22(33)31(6)12-15/h7-10,15H,11-14H2,1-6H3,(H,28,29). The summed E-state index contributed by atoms with van der Waals surface area (Å²) in [5.74, 6) is 0.300. The minimum absolute atomic E-state index is 0.0406. The fourth-order valence-corrected chi connectivity index (χ4v) is 4.76. The van der Waals surface area contributed by atoms with Crippen molar-refractivity contribution in [2.45, 2.75) is 51.8 Å². The van der Waals surface area contributed by atoms with Gasteiger partial charge in [-0.15, -0.1) is 0 Å². The highest BCUT2D eigenvalue weighted by Gasteiger charge is 2.38. The lowest BCUT2D eigenvalue weighted by atomic mass is 9.96. The molecule has 1 unspecified atom stereocenters. The number of benzene rings is 1. The molecule has 3 amide bonds. The third-order valence-corrected chi connectivity index (χ3v) is 6.52. The quantitative estimate of drug-likeness (QED) is 0.634. The molecule has 10 heteroatoms. The van der Waals surface area contributed by atoms with Gasteiger partial charge < -0.3 is 19.9 Å². The summed E-state index contributed by atoms with van der Waals surface area (Å²) in [5, 5.41) is 3.66. The Balaban J connectivity index is 1.64. The number of carbonyl (C=O) groups excluding carboxylic acids is 3. The van der Waals surface area contributed by atoms with Gasteiger partial charge in [0.2, 0.25) is 5.91 Å². The Bertz CT molecular complexity index is 1220. The smallest absolute Gasteiger partial charge is 0.417 e. The van der Waals surface area contributed by atoms with Crippen molar-refractivity contribution < 1.29 is 19.1 Å². The number of rotatable bonds is 5. The van der Waals surface area contributed by atoms with Crippen LogP contribution in [0.25, 0.3) is 0 Å². The maximum Gasteiger partial charge on any atom is 0.417 e. The van der Waals surface area contributed by atoms with Crippen molar-refractivity contribution in [3.05, 3.63) is 51.7 Å². The average molecular weight is 514 g/mol. The summed E-state index contributed by atoms with van der Waals surface area (Å²) in [4.78, 5) is 47.7. The number of carbonyl (C=O) groups is 3. The summed E-state index contributed by atoms with van der Waals surface area (Å²) in [5.41, 5.74) is 2.58. The Kier molecular flexibility index (Phi) is 6.99. The van der Waals surface area contributed by atoms with Crippen LogP contribution in [0.1, 0.15) is 60.3 Å². The van der Waals surface area contributed by atoms with Gasteiger partial charge in [-0.25, -0.2) is 14.7 Å². The third kappa shape index (κ3) is 5.32. The number of imide groups is 1. The number of hydrogen-bond donors (Lipinski definition) is 1. The van der Waals surface area contributed by atoms with Crippen molar-refractivity contribution >= 4 is 41.0 Å². The SMILES string of the molecule is CN(C)Cc1nc(Nc2ccc(Cl)c3c2C(=O)N(C(=O)OC(C)(C)C)C3)ccc1C1CC(=O)N(C)C1. The van der Waals surface area contributed by atoms with Crippen LogP contribution in [-0.2, 0) is 22.6 Å². The molecule has 2 aromatic rings. The average Bonchev–Trinajstić information content (AvgIpc) is 3.29. The van der Waals surface area contributed by atoms with Crippen LogP contribution in [0.5, 0.6) is 0 Å². The van der Waals surface area contributed by atoms with Crippen molar-refractivity contribution in [1.82, 2.24) is 19.7 Å². The molecule has 1 atom stereocenters. The number of halogens is 1. The molecule has 0 radical (unpaired) electrons. The first-order valence-electron chi connectivity index (χ1n) is 11.9. The number of amides is 3. The van der Waals surface area contributed by atoms with Crippen LogP contribution in [0, 0.1) is 0 Å². The Labute approximate surface area is 216 Å². The number of likely N-dealkylation sites (N-methyl/N-ethyl adjacent to an activating group) is 1. The molecule has 2 aliphatic heterocycles. The van der Waals surface area contributed by atoms with Crippen molar-refractivity contribution in [3.63, 3.8) is 0 Å². The van der Waals surface area contributed by atoms with Crippen LogP contribution in [0.15, 0.2) is 24.3 Å². The topological polar surface area (TPSA) is 95.1 Å². The highest BCUT2D eigenvalue weighted by atomic mass is 35.5. The van der Waals surface area contributed by atoms with E-state index in [4.69, 9.17) is 21.3 Å². The van der Waals surface area contributed by atoms with E-state index in [1.54, 1.807) is 37.8 Å². The number of fused-ring (bicyclic) bond motifs is 1. The molecule has 1 N–H and O–H groups in total. The molecule has 36 heavy (non-hydrogen) atoms. The predicted molar refractivity (Wildman–Crippen MR) is 137 cm³/mol. The van der Waals surface area contributed by atoms with Crippen LogP contribution in [0.4, 0.5) is 16.3 Å². The van der Waals surface area contributed by atoms with Crippen LogP contribution in [0.3, 0.4) is 0 Å². The van der Waals surface area contributed by atoms with Gasteiger partial charge in [0.15, 0.2) is 0 Å². The largest absolute Gasteiger partial charge is 0.443 e. The number of ether oxygens (including phenoxy) is 1. The number of nitrogens with zero attached hydrogens (tertiary/aromatic N) is 4. The first-order chi connectivity index (χ1) is 16.8. The number of aromatic nitrogens is 1. The molecule has 0 bridgehead atoms. The second-order valence-electron chi connectivity index (χ2n) is 10.6. The Morgan fingerprint density at radius 3 is 2.56 bits per heavy atom. The minimum Gasteiger partial charge on any atom is -0.443 e. The molecule has 0 saturated carbocycles. The number of likely N-dealkylation sites (tertiary alicyclic amines) is 1. The summed E-state index contributed by atoms with van der Waals surface area (Å²) in [6, 6.07) is 7.26. The maximum absolute atomic E-state index is 13.3. The molecule has 3 heterocycles. The highest BCUT2D eigenvalue weighted by molar-refractivity contribution is 6.32. The molecule has 9 nitrogen and oxygen atoms in total. The number of hydrogen-bond acceptors (Lipinski definition) is 7. The van der Waals surface area contributed by atoms with E-state index in [-0.39, 0.29) is 18.4 Å². The third-order valence-electron chi connectivity index (χ3n) is 6.16. The zero-order valence-electron chi connectivity index (χ0n) is 21.5. The summed E-state index contributed by atoms with van der Waals surface area (Å²) >= 11 is 6.40. The zero-order chi connectivity index (χ0) is 26.4. The Morgan fingerprint density at radius 2 is 1.94 bits per heavy atom. The second-order valence-corrected chi connectivity index (χ2v) is 11.0. The predicted octanol–water partition coefficient (Wildman–Crippen LogP) is 4.38. The van der Waals surface area contributed by atoms with Crippen molar-refractivity contribution in [1.29, 1.82) is 0 Å². The molecule has 4 rings (SSSR count). The zero-order valence-corrected chi connectivity index (χ0v) is 22.3. The van der Waals surface area contributed by atoms with E-state index in [9.17, 15) is 14.4 Å². The summed E-state index contributed by atoms with van der Waals surface area (Å²) in [6.45, 7) is 6.55. The summed E-state index contributed by atoms with van der Waals surface area (Å²) in [7, 11) is 5.75. The van der Waals surface area contributed by atoms with Gasteiger partial charge in [0.25, 0.3) is 5.91 Å². The Morgan fingerprint density at radius 1 is 1.22 bits per heavy atom. The van der Waals surface area contributed by atoms with Gasteiger partial charge in [0, 0.05) is 43.1 Å². The van der Waals surface area contributed by atoms with Gasteiger partial charge >= 0.3 is 6.09 Å². The van der Waals surface area contributed by atoms with E-state index in [2.05, 4.69) is 5.32 Å². The molecular weight excluding hydrogens is 482 g/mol. The monoisotopic (exact) mass is 513 g/mol. The molecule has 1 aromatic heterocycles. The molecule has 0 aliphatic carbocycles.